The van der Waals surface area contributed by atoms with Crippen LogP contribution in [0.25, 0.3) is 0 Å². The molecular formula is C15H17FN2O. The minimum Gasteiger partial charge on any atom is -0.497 e. The van der Waals surface area contributed by atoms with Crippen molar-refractivity contribution in [1.29, 1.82) is 0 Å². The van der Waals surface area contributed by atoms with Crippen LogP contribution in [0.3, 0.4) is 0 Å². The summed E-state index contributed by atoms with van der Waals surface area (Å²) in [6.07, 6.45) is 0.848. The van der Waals surface area contributed by atoms with Gasteiger partial charge in [0.15, 0.2) is 0 Å². The molecule has 0 spiro atoms. The van der Waals surface area contributed by atoms with E-state index < -0.39 is 0 Å². The van der Waals surface area contributed by atoms with Crippen LogP contribution < -0.4 is 15.8 Å². The van der Waals surface area contributed by atoms with Crippen molar-refractivity contribution >= 4 is 11.4 Å². The highest BCUT2D eigenvalue weighted by molar-refractivity contribution is 5.54. The van der Waals surface area contributed by atoms with Crippen molar-refractivity contribution in [2.45, 2.75) is 6.42 Å². The van der Waals surface area contributed by atoms with E-state index in [1.807, 2.05) is 24.3 Å². The van der Waals surface area contributed by atoms with Crippen LogP contribution in [0.4, 0.5) is 15.8 Å². The maximum atomic E-state index is 13.1. The van der Waals surface area contributed by atoms with Crippen LogP contribution in [0.15, 0.2) is 42.5 Å². The number of halogens is 1. The standard InChI is InChI=1S/C15H17FN2O/c1-19-15-4-2-11(3-5-15)6-7-18-14-9-12(16)8-13(17)10-14/h2-5,8-10,18H,6-7,17H2,1H3. The van der Waals surface area contributed by atoms with Gasteiger partial charge in [-0.1, -0.05) is 12.1 Å². The van der Waals surface area contributed by atoms with E-state index in [9.17, 15) is 4.39 Å². The van der Waals surface area contributed by atoms with Gasteiger partial charge < -0.3 is 15.8 Å². The zero-order valence-corrected chi connectivity index (χ0v) is 10.8. The van der Waals surface area contributed by atoms with E-state index in [1.165, 1.54) is 17.7 Å². The van der Waals surface area contributed by atoms with E-state index in [4.69, 9.17) is 10.5 Å². The Morgan fingerprint density at radius 3 is 2.53 bits per heavy atom. The summed E-state index contributed by atoms with van der Waals surface area (Å²) in [5.41, 5.74) is 7.90. The molecule has 0 bridgehead atoms. The molecule has 0 unspecified atom stereocenters. The molecule has 4 heteroatoms. The van der Waals surface area contributed by atoms with Gasteiger partial charge in [0.25, 0.3) is 0 Å². The predicted molar refractivity (Wildman–Crippen MR) is 76.0 cm³/mol. The van der Waals surface area contributed by atoms with Gasteiger partial charge in [-0.25, -0.2) is 4.39 Å². The summed E-state index contributed by atoms with van der Waals surface area (Å²) in [5.74, 6) is 0.515. The van der Waals surface area contributed by atoms with E-state index >= 15 is 0 Å². The third-order valence-corrected chi connectivity index (χ3v) is 2.82. The Morgan fingerprint density at radius 2 is 1.89 bits per heavy atom. The maximum Gasteiger partial charge on any atom is 0.127 e. The van der Waals surface area contributed by atoms with Crippen LogP contribution in [0.5, 0.6) is 5.75 Å². The van der Waals surface area contributed by atoms with Crippen molar-refractivity contribution in [1.82, 2.24) is 0 Å². The molecule has 0 heterocycles. The first-order valence-electron chi connectivity index (χ1n) is 6.10. The Bertz CT molecular complexity index is 520. The lowest BCUT2D eigenvalue weighted by atomic mass is 10.1. The smallest absolute Gasteiger partial charge is 0.127 e. The van der Waals surface area contributed by atoms with E-state index in [-0.39, 0.29) is 5.82 Å². The number of ether oxygens (including phenoxy) is 1. The van der Waals surface area contributed by atoms with Gasteiger partial charge in [0.05, 0.1) is 7.11 Å². The molecule has 2 rings (SSSR count). The van der Waals surface area contributed by atoms with Crippen LogP contribution in [0.1, 0.15) is 5.56 Å². The third kappa shape index (κ3) is 3.88. The Balaban J connectivity index is 1.88. The molecule has 0 atom stereocenters. The molecule has 0 fully saturated rings. The number of nitrogens with two attached hydrogens (primary N) is 1. The number of methoxy groups -OCH3 is 1. The number of nitrogens with one attached hydrogen (secondary N) is 1. The average molecular weight is 260 g/mol. The first kappa shape index (κ1) is 13.2. The van der Waals surface area contributed by atoms with E-state index in [1.54, 1.807) is 13.2 Å². The summed E-state index contributed by atoms with van der Waals surface area (Å²) in [6.45, 7) is 0.717. The second-order valence-corrected chi connectivity index (χ2v) is 4.30. The van der Waals surface area contributed by atoms with Gasteiger partial charge in [0.2, 0.25) is 0 Å². The molecule has 3 nitrogen and oxygen atoms in total. The highest BCUT2D eigenvalue weighted by atomic mass is 19.1. The molecule has 2 aromatic rings. The van der Waals surface area contributed by atoms with E-state index in [2.05, 4.69) is 5.32 Å². The number of benzene rings is 2. The van der Waals surface area contributed by atoms with Gasteiger partial charge in [0.1, 0.15) is 11.6 Å². The van der Waals surface area contributed by atoms with Crippen LogP contribution in [0, 0.1) is 5.82 Å². The van der Waals surface area contributed by atoms with Crippen LogP contribution in [0.2, 0.25) is 0 Å². The lowest BCUT2D eigenvalue weighted by molar-refractivity contribution is 0.414. The molecule has 0 aliphatic rings. The molecule has 19 heavy (non-hydrogen) atoms. The summed E-state index contributed by atoms with van der Waals surface area (Å²) >= 11 is 0. The minimum atomic E-state index is -0.327. The molecule has 0 aromatic heterocycles. The molecule has 0 aliphatic heterocycles. The topological polar surface area (TPSA) is 47.3 Å². The zero-order chi connectivity index (χ0) is 13.7. The fourth-order valence-corrected chi connectivity index (χ4v) is 1.86. The van der Waals surface area contributed by atoms with Gasteiger partial charge in [-0.3, -0.25) is 0 Å². The molecule has 0 aliphatic carbocycles. The highest BCUT2D eigenvalue weighted by Gasteiger charge is 1.99. The second-order valence-electron chi connectivity index (χ2n) is 4.30. The van der Waals surface area contributed by atoms with E-state index in [0.29, 0.717) is 11.4 Å². The lowest BCUT2D eigenvalue weighted by Gasteiger charge is -2.08. The highest BCUT2D eigenvalue weighted by Crippen LogP contribution is 2.16. The average Bonchev–Trinajstić information content (AvgIpc) is 2.38. The predicted octanol–water partition coefficient (Wildman–Crippen LogP) is 3.07. The molecular weight excluding hydrogens is 243 g/mol. The first-order chi connectivity index (χ1) is 9.17. The number of hydrogen-bond acceptors (Lipinski definition) is 3. The third-order valence-electron chi connectivity index (χ3n) is 2.82. The summed E-state index contributed by atoms with van der Waals surface area (Å²) in [7, 11) is 1.64. The monoisotopic (exact) mass is 260 g/mol. The van der Waals surface area contributed by atoms with Crippen molar-refractivity contribution in [3.8, 4) is 5.75 Å². The van der Waals surface area contributed by atoms with Crippen molar-refractivity contribution in [2.75, 3.05) is 24.7 Å². The maximum absolute atomic E-state index is 13.1. The van der Waals surface area contributed by atoms with Gasteiger partial charge >= 0.3 is 0 Å². The van der Waals surface area contributed by atoms with Crippen molar-refractivity contribution < 1.29 is 9.13 Å². The number of rotatable bonds is 5. The van der Waals surface area contributed by atoms with Crippen LogP contribution >= 0.6 is 0 Å². The van der Waals surface area contributed by atoms with Crippen molar-refractivity contribution in [3.63, 3.8) is 0 Å². The lowest BCUT2D eigenvalue weighted by Crippen LogP contribution is -2.05. The number of nitrogen functional groups attached to an aromatic ring is 1. The summed E-state index contributed by atoms with van der Waals surface area (Å²) in [5, 5.41) is 3.15. The number of anilines is 2. The second kappa shape index (κ2) is 6.09. The molecule has 0 amide bonds. The quantitative estimate of drug-likeness (QED) is 0.812. The van der Waals surface area contributed by atoms with Crippen molar-refractivity contribution in [3.05, 3.63) is 53.8 Å². The molecule has 2 aromatic carbocycles. The SMILES string of the molecule is COc1ccc(CCNc2cc(N)cc(F)c2)cc1. The Labute approximate surface area is 112 Å². The minimum absolute atomic E-state index is 0.327. The van der Waals surface area contributed by atoms with Gasteiger partial charge in [-0.05, 0) is 42.3 Å². The fourth-order valence-electron chi connectivity index (χ4n) is 1.86. The van der Waals surface area contributed by atoms with E-state index in [0.717, 1.165) is 18.7 Å². The summed E-state index contributed by atoms with van der Waals surface area (Å²) < 4.78 is 18.2. The van der Waals surface area contributed by atoms with Crippen LogP contribution in [-0.4, -0.2) is 13.7 Å². The summed E-state index contributed by atoms with van der Waals surface area (Å²) in [6, 6.07) is 12.3. The van der Waals surface area contributed by atoms with Gasteiger partial charge in [-0.2, -0.15) is 0 Å². The fraction of sp³-hybridized carbons (Fsp3) is 0.200. The largest absolute Gasteiger partial charge is 0.497 e. The Morgan fingerprint density at radius 1 is 1.16 bits per heavy atom. The Hall–Kier alpha value is -2.23. The molecule has 100 valence electrons. The molecule has 0 saturated carbocycles. The molecule has 0 radical (unpaired) electrons. The van der Waals surface area contributed by atoms with Gasteiger partial charge in [-0.15, -0.1) is 0 Å². The molecule has 3 N–H and O–H groups in total. The zero-order valence-electron chi connectivity index (χ0n) is 10.8. The van der Waals surface area contributed by atoms with Crippen LogP contribution in [-0.2, 0) is 6.42 Å². The Kier molecular flexibility index (Phi) is 4.23. The normalized spacial score (nSPS) is 10.2. The molecule has 0 saturated heterocycles. The van der Waals surface area contributed by atoms with Crippen molar-refractivity contribution in [2.24, 2.45) is 0 Å². The first-order valence-corrected chi connectivity index (χ1v) is 6.10. The van der Waals surface area contributed by atoms with Gasteiger partial charge in [0, 0.05) is 17.9 Å². The summed E-state index contributed by atoms with van der Waals surface area (Å²) in [4.78, 5) is 0. The number of hydrogen-bond donors (Lipinski definition) is 2.